The Morgan fingerprint density at radius 1 is 1.00 bits per heavy atom. The molecule has 0 aromatic carbocycles. The number of imidazole rings is 1. The number of aromatic nitrogens is 3. The van der Waals surface area contributed by atoms with Gasteiger partial charge in [0.1, 0.15) is 11.0 Å². The SMILES string of the molecule is Cc1cccnc1C1CCCC(c2nc3c(N)ccc(N4CCN(C)CC4)n3c2Cl)N1C. The van der Waals surface area contributed by atoms with Crippen LogP contribution in [0.3, 0.4) is 0 Å². The zero-order valence-corrected chi connectivity index (χ0v) is 19.9. The molecule has 32 heavy (non-hydrogen) atoms. The number of rotatable bonds is 3. The van der Waals surface area contributed by atoms with Crippen molar-refractivity contribution in [1.82, 2.24) is 24.2 Å². The number of hydrogen-bond acceptors (Lipinski definition) is 6. The minimum atomic E-state index is 0.127. The lowest BCUT2D eigenvalue weighted by Gasteiger charge is -2.39. The lowest BCUT2D eigenvalue weighted by Crippen LogP contribution is -2.45. The minimum absolute atomic E-state index is 0.127. The van der Waals surface area contributed by atoms with E-state index in [-0.39, 0.29) is 12.1 Å². The van der Waals surface area contributed by atoms with Crippen molar-refractivity contribution in [3.8, 4) is 0 Å². The van der Waals surface area contributed by atoms with Crippen molar-refractivity contribution >= 4 is 28.8 Å². The molecular weight excluding hydrogens is 422 g/mol. The van der Waals surface area contributed by atoms with Crippen LogP contribution in [-0.2, 0) is 0 Å². The predicted molar refractivity (Wildman–Crippen MR) is 130 cm³/mol. The summed E-state index contributed by atoms with van der Waals surface area (Å²) in [5.74, 6) is 1.07. The van der Waals surface area contributed by atoms with E-state index in [2.05, 4.69) is 52.3 Å². The molecule has 0 aliphatic carbocycles. The highest BCUT2D eigenvalue weighted by Crippen LogP contribution is 2.43. The molecule has 2 atom stereocenters. The Balaban J connectivity index is 1.54. The van der Waals surface area contributed by atoms with E-state index >= 15 is 0 Å². The molecule has 0 saturated carbocycles. The zero-order chi connectivity index (χ0) is 22.4. The highest BCUT2D eigenvalue weighted by molar-refractivity contribution is 6.30. The lowest BCUT2D eigenvalue weighted by atomic mass is 9.91. The first kappa shape index (κ1) is 21.5. The molecule has 0 spiro atoms. The molecular formula is C24H32ClN7. The number of piperazine rings is 1. The van der Waals surface area contributed by atoms with Crippen LogP contribution in [0.1, 0.15) is 48.3 Å². The predicted octanol–water partition coefficient (Wildman–Crippen LogP) is 3.92. The maximum Gasteiger partial charge on any atom is 0.163 e. The summed E-state index contributed by atoms with van der Waals surface area (Å²) < 4.78 is 2.06. The quantitative estimate of drug-likeness (QED) is 0.648. The summed E-state index contributed by atoms with van der Waals surface area (Å²) in [7, 11) is 4.34. The van der Waals surface area contributed by atoms with Crippen molar-refractivity contribution in [2.75, 3.05) is 50.9 Å². The summed E-state index contributed by atoms with van der Waals surface area (Å²) >= 11 is 7.07. The number of anilines is 2. The Kier molecular flexibility index (Phi) is 5.73. The van der Waals surface area contributed by atoms with Gasteiger partial charge in [0.05, 0.1) is 29.2 Å². The third-order valence-electron chi connectivity index (χ3n) is 7.19. The maximum absolute atomic E-state index is 7.07. The molecule has 2 N–H and O–H groups in total. The smallest absolute Gasteiger partial charge is 0.163 e. The molecule has 0 amide bonds. The van der Waals surface area contributed by atoms with Crippen LogP contribution in [0.25, 0.3) is 5.65 Å². The molecule has 8 heteroatoms. The van der Waals surface area contributed by atoms with Gasteiger partial charge in [-0.05, 0) is 64.0 Å². The molecule has 2 unspecified atom stereocenters. The van der Waals surface area contributed by atoms with E-state index in [0.717, 1.165) is 68.3 Å². The van der Waals surface area contributed by atoms with Gasteiger partial charge in [0, 0.05) is 32.4 Å². The second-order valence-corrected chi connectivity index (χ2v) is 9.58. The van der Waals surface area contributed by atoms with Crippen molar-refractivity contribution in [3.05, 3.63) is 52.6 Å². The van der Waals surface area contributed by atoms with Crippen molar-refractivity contribution < 1.29 is 0 Å². The highest BCUT2D eigenvalue weighted by atomic mass is 35.5. The molecule has 7 nitrogen and oxygen atoms in total. The molecule has 2 aliphatic rings. The summed E-state index contributed by atoms with van der Waals surface area (Å²) in [6.45, 7) is 6.12. The second-order valence-electron chi connectivity index (χ2n) is 9.22. The molecule has 5 heterocycles. The van der Waals surface area contributed by atoms with Gasteiger partial charge in [0.15, 0.2) is 5.65 Å². The van der Waals surface area contributed by atoms with Gasteiger partial charge in [0.2, 0.25) is 0 Å². The first-order valence-electron chi connectivity index (χ1n) is 11.5. The molecule has 3 aromatic heterocycles. The first-order chi connectivity index (χ1) is 15.5. The van der Waals surface area contributed by atoms with Crippen LogP contribution in [0.4, 0.5) is 11.5 Å². The summed E-state index contributed by atoms with van der Waals surface area (Å²) in [5, 5.41) is 0.677. The highest BCUT2D eigenvalue weighted by Gasteiger charge is 2.35. The topological polar surface area (TPSA) is 65.9 Å². The van der Waals surface area contributed by atoms with E-state index in [1.807, 2.05) is 18.3 Å². The molecule has 2 fully saturated rings. The van der Waals surface area contributed by atoms with Gasteiger partial charge >= 0.3 is 0 Å². The van der Waals surface area contributed by atoms with Crippen LogP contribution < -0.4 is 10.6 Å². The number of likely N-dealkylation sites (N-methyl/N-ethyl adjacent to an activating group) is 1. The summed E-state index contributed by atoms with van der Waals surface area (Å²) in [4.78, 5) is 16.9. The largest absolute Gasteiger partial charge is 0.396 e. The molecule has 5 rings (SSSR count). The van der Waals surface area contributed by atoms with Gasteiger partial charge in [-0.1, -0.05) is 17.7 Å². The van der Waals surface area contributed by atoms with Gasteiger partial charge in [-0.3, -0.25) is 14.3 Å². The lowest BCUT2D eigenvalue weighted by molar-refractivity contribution is 0.109. The first-order valence-corrected chi connectivity index (χ1v) is 11.9. The Morgan fingerprint density at radius 3 is 2.44 bits per heavy atom. The monoisotopic (exact) mass is 453 g/mol. The van der Waals surface area contributed by atoms with Gasteiger partial charge in [-0.2, -0.15) is 0 Å². The number of likely N-dealkylation sites (tertiary alicyclic amines) is 1. The van der Waals surface area contributed by atoms with E-state index in [1.165, 1.54) is 5.56 Å². The van der Waals surface area contributed by atoms with E-state index in [4.69, 9.17) is 27.3 Å². The van der Waals surface area contributed by atoms with E-state index in [9.17, 15) is 0 Å². The third kappa shape index (κ3) is 3.62. The van der Waals surface area contributed by atoms with Crippen molar-refractivity contribution in [1.29, 1.82) is 0 Å². The Hall–Kier alpha value is -2.35. The van der Waals surface area contributed by atoms with Crippen molar-refractivity contribution in [2.24, 2.45) is 0 Å². The Bertz CT molecular complexity index is 1120. The molecule has 0 radical (unpaired) electrons. The third-order valence-corrected chi connectivity index (χ3v) is 7.55. The number of fused-ring (bicyclic) bond motifs is 1. The molecule has 2 saturated heterocycles. The van der Waals surface area contributed by atoms with Gasteiger partial charge in [0.25, 0.3) is 0 Å². The van der Waals surface area contributed by atoms with Gasteiger partial charge in [-0.15, -0.1) is 0 Å². The van der Waals surface area contributed by atoms with Crippen LogP contribution in [-0.4, -0.2) is 64.4 Å². The summed E-state index contributed by atoms with van der Waals surface area (Å²) in [5.41, 5.74) is 11.1. The Morgan fingerprint density at radius 2 is 1.72 bits per heavy atom. The van der Waals surface area contributed by atoms with E-state index in [1.54, 1.807) is 0 Å². The van der Waals surface area contributed by atoms with Crippen LogP contribution in [0.5, 0.6) is 0 Å². The van der Waals surface area contributed by atoms with Crippen LogP contribution in [0.2, 0.25) is 5.15 Å². The molecule has 2 aliphatic heterocycles. The van der Waals surface area contributed by atoms with Crippen molar-refractivity contribution in [2.45, 2.75) is 38.3 Å². The minimum Gasteiger partial charge on any atom is -0.396 e. The molecule has 170 valence electrons. The fourth-order valence-corrected chi connectivity index (χ4v) is 5.60. The van der Waals surface area contributed by atoms with Gasteiger partial charge in [-0.25, -0.2) is 4.98 Å². The zero-order valence-electron chi connectivity index (χ0n) is 19.1. The van der Waals surface area contributed by atoms with Crippen LogP contribution >= 0.6 is 11.6 Å². The van der Waals surface area contributed by atoms with Gasteiger partial charge < -0.3 is 15.5 Å². The number of piperidine rings is 1. The molecule has 0 bridgehead atoms. The van der Waals surface area contributed by atoms with E-state index in [0.29, 0.717) is 10.8 Å². The number of nitrogens with two attached hydrogens (primary N) is 1. The normalized spacial score (nSPS) is 23.2. The number of halogens is 1. The summed E-state index contributed by atoms with van der Waals surface area (Å²) in [6.07, 6.45) is 5.11. The van der Waals surface area contributed by atoms with Crippen LogP contribution in [0.15, 0.2) is 30.5 Å². The average molecular weight is 454 g/mol. The number of nitrogens with zero attached hydrogens (tertiary/aromatic N) is 6. The van der Waals surface area contributed by atoms with E-state index < -0.39 is 0 Å². The number of pyridine rings is 2. The average Bonchev–Trinajstić information content (AvgIpc) is 3.14. The fraction of sp³-hybridized carbons (Fsp3) is 0.500. The fourth-order valence-electron chi connectivity index (χ4n) is 5.26. The van der Waals surface area contributed by atoms with Crippen molar-refractivity contribution in [3.63, 3.8) is 0 Å². The Labute approximate surface area is 194 Å². The number of nitrogen functional groups attached to an aromatic ring is 1. The maximum atomic E-state index is 7.07. The molecule has 3 aromatic rings. The van der Waals surface area contributed by atoms with Crippen LogP contribution in [0, 0.1) is 6.92 Å². The number of aryl methyl sites for hydroxylation is 1. The second kappa shape index (κ2) is 8.54. The summed E-state index contributed by atoms with van der Waals surface area (Å²) in [6, 6.07) is 8.56. The standard InChI is InChI=1S/C24H32ClN7/c1-16-6-5-11-27-21(16)18-7-4-8-19(30(18)3)22-23(25)32-20(10-9-17(26)24(32)28-22)31-14-12-29(2)13-15-31/h5-6,9-11,18-19H,4,7-8,12-15,26H2,1-3H3. The number of hydrogen-bond donors (Lipinski definition) is 1.